The number of hydrogen-bond acceptors (Lipinski definition) is 2. The third kappa shape index (κ3) is 3.79. The van der Waals surface area contributed by atoms with Gasteiger partial charge in [-0.3, -0.25) is 4.98 Å². The first-order valence-electron chi connectivity index (χ1n) is 6.62. The number of nitrogens with one attached hydrogen (secondary N) is 1. The Hall–Kier alpha value is -1.38. The molecule has 1 aromatic carbocycles. The lowest BCUT2D eigenvalue weighted by Crippen LogP contribution is -2.24. The lowest BCUT2D eigenvalue weighted by molar-refractivity contribution is 0.456. The predicted molar refractivity (Wildman–Crippen MR) is 80.3 cm³/mol. The van der Waals surface area contributed by atoms with E-state index in [-0.39, 0.29) is 6.04 Å². The van der Waals surface area contributed by atoms with Crippen LogP contribution >= 0.6 is 11.6 Å². The van der Waals surface area contributed by atoms with Gasteiger partial charge < -0.3 is 5.32 Å². The van der Waals surface area contributed by atoms with Crippen molar-refractivity contribution in [3.05, 3.63) is 64.9 Å². The maximum Gasteiger partial charge on any atom is 0.0406 e. The van der Waals surface area contributed by atoms with Gasteiger partial charge in [-0.15, -0.1) is 0 Å². The Morgan fingerprint density at radius 2 is 1.89 bits per heavy atom. The van der Waals surface area contributed by atoms with Gasteiger partial charge in [-0.25, -0.2) is 0 Å². The van der Waals surface area contributed by atoms with Crippen molar-refractivity contribution in [1.82, 2.24) is 10.3 Å². The molecule has 0 spiro atoms. The van der Waals surface area contributed by atoms with Crippen LogP contribution in [0.2, 0.25) is 5.02 Å². The molecule has 0 saturated carbocycles. The fraction of sp³-hybridized carbons (Fsp3) is 0.312. The van der Waals surface area contributed by atoms with Crippen molar-refractivity contribution >= 4 is 11.6 Å². The zero-order valence-corrected chi connectivity index (χ0v) is 12.1. The average Bonchev–Trinajstić information content (AvgIpc) is 2.46. The molecule has 0 fully saturated rings. The summed E-state index contributed by atoms with van der Waals surface area (Å²) in [4.78, 5) is 4.17. The molecule has 0 aliphatic rings. The van der Waals surface area contributed by atoms with Crippen LogP contribution in [0.25, 0.3) is 0 Å². The number of pyridine rings is 1. The molecule has 1 aromatic heterocycles. The van der Waals surface area contributed by atoms with Crippen LogP contribution in [0.4, 0.5) is 0 Å². The molecule has 1 N–H and O–H groups in total. The third-order valence-electron chi connectivity index (χ3n) is 3.32. The quantitative estimate of drug-likeness (QED) is 0.866. The highest BCUT2D eigenvalue weighted by Crippen LogP contribution is 2.23. The summed E-state index contributed by atoms with van der Waals surface area (Å²) in [5.41, 5.74) is 2.47. The lowest BCUT2D eigenvalue weighted by atomic mass is 10.0. The van der Waals surface area contributed by atoms with Crippen molar-refractivity contribution in [3.63, 3.8) is 0 Å². The fourth-order valence-corrected chi connectivity index (χ4v) is 2.30. The Morgan fingerprint density at radius 1 is 1.16 bits per heavy atom. The molecule has 3 heteroatoms. The first kappa shape index (κ1) is 14.0. The van der Waals surface area contributed by atoms with Crippen LogP contribution in [-0.2, 0) is 0 Å². The van der Waals surface area contributed by atoms with E-state index in [9.17, 15) is 0 Å². The first-order valence-corrected chi connectivity index (χ1v) is 7.00. The molecule has 0 aliphatic heterocycles. The molecule has 2 nitrogen and oxygen atoms in total. The van der Waals surface area contributed by atoms with Crippen LogP contribution in [-0.4, -0.2) is 4.98 Å². The summed E-state index contributed by atoms with van der Waals surface area (Å²) in [6.45, 7) is 4.35. The number of nitrogens with zero attached hydrogens (tertiary/aromatic N) is 1. The standard InChI is InChI=1S/C16H19ClN2/c1-3-16(13-6-8-15(17)9-7-13)19-12(2)14-5-4-10-18-11-14/h4-12,16,19H,3H2,1-2H3/t12-,16?/m0/s1. The summed E-state index contributed by atoms with van der Waals surface area (Å²) < 4.78 is 0. The highest BCUT2D eigenvalue weighted by Gasteiger charge is 2.13. The van der Waals surface area contributed by atoms with Crippen molar-refractivity contribution in [2.24, 2.45) is 0 Å². The molecule has 2 rings (SSSR count). The Bertz CT molecular complexity index is 496. The zero-order valence-electron chi connectivity index (χ0n) is 11.3. The zero-order chi connectivity index (χ0) is 13.7. The number of benzene rings is 1. The molecule has 0 radical (unpaired) electrons. The summed E-state index contributed by atoms with van der Waals surface area (Å²) >= 11 is 5.93. The molecular formula is C16H19ClN2. The maximum absolute atomic E-state index is 5.93. The minimum Gasteiger partial charge on any atom is -0.303 e. The van der Waals surface area contributed by atoms with Gasteiger partial charge in [0.25, 0.3) is 0 Å². The number of rotatable bonds is 5. The van der Waals surface area contributed by atoms with Crippen LogP contribution < -0.4 is 5.32 Å². The normalized spacial score (nSPS) is 14.1. The largest absolute Gasteiger partial charge is 0.303 e. The smallest absolute Gasteiger partial charge is 0.0406 e. The Balaban J connectivity index is 2.09. The summed E-state index contributed by atoms with van der Waals surface area (Å²) in [7, 11) is 0. The van der Waals surface area contributed by atoms with E-state index < -0.39 is 0 Å². The minimum atomic E-state index is 0.273. The van der Waals surface area contributed by atoms with Gasteiger partial charge in [0.05, 0.1) is 0 Å². The number of halogens is 1. The van der Waals surface area contributed by atoms with Crippen molar-refractivity contribution in [3.8, 4) is 0 Å². The second kappa shape index (κ2) is 6.69. The molecule has 0 saturated heterocycles. The molecule has 1 heterocycles. The molecule has 1 unspecified atom stereocenters. The molecule has 0 bridgehead atoms. The second-order valence-electron chi connectivity index (χ2n) is 4.69. The molecular weight excluding hydrogens is 256 g/mol. The van der Waals surface area contributed by atoms with Gasteiger partial charge in [-0.1, -0.05) is 36.7 Å². The summed E-state index contributed by atoms with van der Waals surface area (Å²) in [5, 5.41) is 4.41. The summed E-state index contributed by atoms with van der Waals surface area (Å²) in [6, 6.07) is 12.7. The second-order valence-corrected chi connectivity index (χ2v) is 5.12. The van der Waals surface area contributed by atoms with Gasteiger partial charge in [-0.05, 0) is 42.7 Å². The first-order chi connectivity index (χ1) is 9.20. The van der Waals surface area contributed by atoms with E-state index in [0.717, 1.165) is 11.4 Å². The molecule has 2 atom stereocenters. The van der Waals surface area contributed by atoms with E-state index in [1.807, 2.05) is 24.4 Å². The topological polar surface area (TPSA) is 24.9 Å². The van der Waals surface area contributed by atoms with Crippen LogP contribution in [0.3, 0.4) is 0 Å². The molecule has 0 amide bonds. The number of hydrogen-bond donors (Lipinski definition) is 1. The van der Waals surface area contributed by atoms with Crippen LogP contribution in [0, 0.1) is 0 Å². The Morgan fingerprint density at radius 3 is 2.47 bits per heavy atom. The minimum absolute atomic E-state index is 0.273. The highest BCUT2D eigenvalue weighted by atomic mass is 35.5. The van der Waals surface area contributed by atoms with E-state index in [2.05, 4.69) is 42.3 Å². The predicted octanol–water partition coefficient (Wildman–Crippen LogP) is 4.54. The summed E-state index contributed by atoms with van der Waals surface area (Å²) in [6.07, 6.45) is 4.74. The maximum atomic E-state index is 5.93. The molecule has 2 aromatic rings. The fourth-order valence-electron chi connectivity index (χ4n) is 2.17. The molecule has 100 valence electrons. The van der Waals surface area contributed by atoms with Crippen molar-refractivity contribution < 1.29 is 0 Å². The SMILES string of the molecule is CCC(N[C@@H](C)c1cccnc1)c1ccc(Cl)cc1. The summed E-state index contributed by atoms with van der Waals surface area (Å²) in [5.74, 6) is 0. The van der Waals surface area contributed by atoms with Crippen molar-refractivity contribution in [2.45, 2.75) is 32.4 Å². The average molecular weight is 275 g/mol. The Labute approximate surface area is 119 Å². The Kier molecular flexibility index (Phi) is 4.94. The van der Waals surface area contributed by atoms with Crippen molar-refractivity contribution in [1.29, 1.82) is 0 Å². The van der Waals surface area contributed by atoms with Crippen LogP contribution in [0.1, 0.15) is 43.5 Å². The van der Waals surface area contributed by atoms with Gasteiger partial charge >= 0.3 is 0 Å². The highest BCUT2D eigenvalue weighted by molar-refractivity contribution is 6.30. The van der Waals surface area contributed by atoms with Gasteiger partial charge in [0, 0.05) is 29.5 Å². The molecule has 19 heavy (non-hydrogen) atoms. The van der Waals surface area contributed by atoms with E-state index in [0.29, 0.717) is 6.04 Å². The number of aromatic nitrogens is 1. The van der Waals surface area contributed by atoms with Gasteiger partial charge in [0.15, 0.2) is 0 Å². The molecule has 0 aliphatic carbocycles. The van der Waals surface area contributed by atoms with E-state index in [1.165, 1.54) is 11.1 Å². The van der Waals surface area contributed by atoms with Gasteiger partial charge in [-0.2, -0.15) is 0 Å². The lowest BCUT2D eigenvalue weighted by Gasteiger charge is -2.23. The van der Waals surface area contributed by atoms with Crippen molar-refractivity contribution in [2.75, 3.05) is 0 Å². The van der Waals surface area contributed by atoms with Crippen LogP contribution in [0.5, 0.6) is 0 Å². The van der Waals surface area contributed by atoms with E-state index in [4.69, 9.17) is 11.6 Å². The van der Waals surface area contributed by atoms with Gasteiger partial charge in [0.1, 0.15) is 0 Å². The van der Waals surface area contributed by atoms with Crippen LogP contribution in [0.15, 0.2) is 48.8 Å². The monoisotopic (exact) mass is 274 g/mol. The third-order valence-corrected chi connectivity index (χ3v) is 3.57. The van der Waals surface area contributed by atoms with E-state index >= 15 is 0 Å². The van der Waals surface area contributed by atoms with E-state index in [1.54, 1.807) is 6.20 Å². The van der Waals surface area contributed by atoms with Gasteiger partial charge in [0.2, 0.25) is 0 Å².